The summed E-state index contributed by atoms with van der Waals surface area (Å²) < 4.78 is 1.31. The molecule has 0 saturated carbocycles. The zero-order chi connectivity index (χ0) is 23.5. The summed E-state index contributed by atoms with van der Waals surface area (Å²) in [7, 11) is 0. The minimum absolute atomic E-state index is 0.0124. The molecule has 0 aliphatic heterocycles. The van der Waals surface area contributed by atoms with Gasteiger partial charge in [0.2, 0.25) is 0 Å². The summed E-state index contributed by atoms with van der Waals surface area (Å²) in [5.41, 5.74) is 2.37. The second-order valence-corrected chi connectivity index (χ2v) is 8.39. The van der Waals surface area contributed by atoms with Gasteiger partial charge in [0.15, 0.2) is 5.78 Å². The molecule has 0 bridgehead atoms. The molecule has 1 heterocycles. The highest BCUT2D eigenvalue weighted by Crippen LogP contribution is 2.34. The Morgan fingerprint density at radius 3 is 2.12 bits per heavy atom. The van der Waals surface area contributed by atoms with Gasteiger partial charge >= 0.3 is 0 Å². The van der Waals surface area contributed by atoms with Crippen LogP contribution in [0.2, 0.25) is 0 Å². The molecule has 164 valence electrons. The first-order chi connectivity index (χ1) is 15.9. The van der Waals surface area contributed by atoms with Crippen molar-refractivity contribution in [3.63, 3.8) is 0 Å². The van der Waals surface area contributed by atoms with Gasteiger partial charge in [0.05, 0.1) is 26.8 Å². The van der Waals surface area contributed by atoms with E-state index in [1.54, 1.807) is 74.5 Å². The first kappa shape index (κ1) is 22.2. The van der Waals surface area contributed by atoms with Crippen LogP contribution in [-0.4, -0.2) is 26.4 Å². The normalized spacial score (nSPS) is 10.7. The maximum Gasteiger partial charge on any atom is 0.279 e. The number of rotatable bonds is 6. The van der Waals surface area contributed by atoms with Crippen molar-refractivity contribution in [2.24, 2.45) is 0 Å². The Bertz CT molecular complexity index is 1360. The highest BCUT2D eigenvalue weighted by molar-refractivity contribution is 7.99. The molecule has 0 saturated heterocycles. The lowest BCUT2D eigenvalue weighted by atomic mass is 9.98. The summed E-state index contributed by atoms with van der Waals surface area (Å²) in [6.45, 7) is 3.58. The van der Waals surface area contributed by atoms with E-state index in [-0.39, 0.29) is 17.0 Å². The second kappa shape index (κ2) is 9.22. The fourth-order valence-electron chi connectivity index (χ4n) is 3.45. The summed E-state index contributed by atoms with van der Waals surface area (Å²) >= 11 is 1.38. The molecule has 4 rings (SSSR count). The van der Waals surface area contributed by atoms with Gasteiger partial charge in [0.1, 0.15) is 0 Å². The molecule has 0 N–H and O–H groups in total. The Balaban J connectivity index is 1.67. The molecular weight excluding hydrogens is 438 g/mol. The molecule has 3 aromatic carbocycles. The quantitative estimate of drug-likeness (QED) is 0.216. The van der Waals surface area contributed by atoms with E-state index in [9.17, 15) is 19.7 Å². The zero-order valence-corrected chi connectivity index (χ0v) is 18.7. The number of ketones is 1. The number of hydrogen-bond donors (Lipinski definition) is 0. The van der Waals surface area contributed by atoms with Crippen LogP contribution in [0.5, 0.6) is 0 Å². The van der Waals surface area contributed by atoms with Gasteiger partial charge in [-0.3, -0.25) is 19.7 Å². The van der Waals surface area contributed by atoms with Crippen molar-refractivity contribution in [3.8, 4) is 0 Å². The van der Waals surface area contributed by atoms with E-state index in [0.717, 1.165) is 9.79 Å². The molecule has 0 aliphatic rings. The Labute approximate surface area is 194 Å². The number of benzene rings is 3. The van der Waals surface area contributed by atoms with Crippen LogP contribution in [0, 0.1) is 24.0 Å². The van der Waals surface area contributed by atoms with E-state index in [2.05, 4.69) is 5.10 Å². The van der Waals surface area contributed by atoms with Crippen LogP contribution in [0.15, 0.2) is 88.7 Å². The molecule has 33 heavy (non-hydrogen) atoms. The van der Waals surface area contributed by atoms with Crippen molar-refractivity contribution >= 4 is 29.1 Å². The zero-order valence-electron chi connectivity index (χ0n) is 17.9. The summed E-state index contributed by atoms with van der Waals surface area (Å²) in [6.07, 6.45) is 0. The van der Waals surface area contributed by atoms with Crippen molar-refractivity contribution in [2.75, 3.05) is 0 Å². The third kappa shape index (κ3) is 4.47. The smallest absolute Gasteiger partial charge is 0.279 e. The minimum atomic E-state index is -0.449. The van der Waals surface area contributed by atoms with Crippen molar-refractivity contribution in [1.29, 1.82) is 0 Å². The molecule has 8 heteroatoms. The Kier molecular flexibility index (Phi) is 6.19. The molecule has 4 aromatic rings. The number of nitro benzene ring substituents is 1. The summed E-state index contributed by atoms with van der Waals surface area (Å²) in [4.78, 5) is 38.5. The van der Waals surface area contributed by atoms with Crippen molar-refractivity contribution < 1.29 is 14.5 Å². The van der Waals surface area contributed by atoms with Gasteiger partial charge in [-0.1, -0.05) is 60.3 Å². The van der Waals surface area contributed by atoms with Crippen LogP contribution in [-0.2, 0) is 0 Å². The lowest BCUT2D eigenvalue weighted by molar-refractivity contribution is -0.384. The SMILES string of the molecule is Cc1nn(C(=O)c2ccccc2C(=O)c2ccccc2)c(C)c1Sc1ccc([N+](=O)[O-])cc1. The number of carbonyl (C=O) groups excluding carboxylic acids is 2. The predicted octanol–water partition coefficient (Wildman–Crippen LogP) is 5.48. The number of non-ortho nitro benzene ring substituents is 1. The van der Waals surface area contributed by atoms with E-state index < -0.39 is 10.8 Å². The number of aromatic nitrogens is 2. The molecule has 0 spiro atoms. The highest BCUT2D eigenvalue weighted by atomic mass is 32.2. The van der Waals surface area contributed by atoms with E-state index in [1.807, 2.05) is 6.07 Å². The maximum absolute atomic E-state index is 13.4. The molecule has 0 aliphatic carbocycles. The molecule has 0 amide bonds. The van der Waals surface area contributed by atoms with Gasteiger partial charge in [-0.25, -0.2) is 0 Å². The standard InChI is InChI=1S/C25H19N3O4S/c1-16-24(33-20-14-12-19(13-15-20)28(31)32)17(2)27(26-16)25(30)22-11-7-6-10-21(22)23(29)18-8-4-3-5-9-18/h3-15H,1-2H3. The van der Waals surface area contributed by atoms with E-state index in [1.165, 1.54) is 28.6 Å². The third-order valence-electron chi connectivity index (χ3n) is 5.12. The number of carbonyl (C=O) groups is 2. The lowest BCUT2D eigenvalue weighted by Gasteiger charge is -2.09. The van der Waals surface area contributed by atoms with Crippen molar-refractivity contribution in [1.82, 2.24) is 9.78 Å². The summed E-state index contributed by atoms with van der Waals surface area (Å²) in [5, 5.41) is 15.3. The van der Waals surface area contributed by atoms with Gasteiger partial charge in [0.25, 0.3) is 11.6 Å². The van der Waals surface area contributed by atoms with Gasteiger partial charge in [0, 0.05) is 28.2 Å². The fourth-order valence-corrected chi connectivity index (χ4v) is 4.38. The third-order valence-corrected chi connectivity index (χ3v) is 6.43. The molecule has 0 atom stereocenters. The Hall–Kier alpha value is -4.04. The first-order valence-corrected chi connectivity index (χ1v) is 10.9. The average Bonchev–Trinajstić information content (AvgIpc) is 3.12. The van der Waals surface area contributed by atoms with E-state index >= 15 is 0 Å². The summed E-state index contributed by atoms with van der Waals surface area (Å²) in [6, 6.07) is 21.7. The predicted molar refractivity (Wildman–Crippen MR) is 125 cm³/mol. The molecule has 7 nitrogen and oxygen atoms in total. The monoisotopic (exact) mass is 457 g/mol. The van der Waals surface area contributed by atoms with Gasteiger partial charge in [-0.05, 0) is 32.0 Å². The number of aryl methyl sites for hydroxylation is 1. The fraction of sp³-hybridized carbons (Fsp3) is 0.0800. The van der Waals surface area contributed by atoms with Crippen molar-refractivity contribution in [2.45, 2.75) is 23.6 Å². The van der Waals surface area contributed by atoms with E-state index in [4.69, 9.17) is 0 Å². The maximum atomic E-state index is 13.4. The molecular formula is C25H19N3O4S. The topological polar surface area (TPSA) is 95.1 Å². The van der Waals surface area contributed by atoms with Crippen LogP contribution < -0.4 is 0 Å². The van der Waals surface area contributed by atoms with Crippen LogP contribution in [0.1, 0.15) is 37.7 Å². The molecule has 0 fully saturated rings. The minimum Gasteiger partial charge on any atom is -0.289 e. The van der Waals surface area contributed by atoms with Gasteiger partial charge in [-0.15, -0.1) is 0 Å². The van der Waals surface area contributed by atoms with Crippen molar-refractivity contribution in [3.05, 3.63) is 117 Å². The highest BCUT2D eigenvalue weighted by Gasteiger charge is 2.23. The van der Waals surface area contributed by atoms with Crippen LogP contribution in [0.3, 0.4) is 0 Å². The summed E-state index contributed by atoms with van der Waals surface area (Å²) in [5.74, 6) is -0.632. The van der Waals surface area contributed by atoms with E-state index in [0.29, 0.717) is 22.5 Å². The van der Waals surface area contributed by atoms with Gasteiger partial charge < -0.3 is 0 Å². The first-order valence-electron chi connectivity index (χ1n) is 10.1. The average molecular weight is 458 g/mol. The Morgan fingerprint density at radius 1 is 0.879 bits per heavy atom. The van der Waals surface area contributed by atoms with Crippen LogP contribution in [0.4, 0.5) is 5.69 Å². The second-order valence-electron chi connectivity index (χ2n) is 7.31. The van der Waals surface area contributed by atoms with Gasteiger partial charge in [-0.2, -0.15) is 9.78 Å². The molecule has 0 unspecified atom stereocenters. The van der Waals surface area contributed by atoms with Crippen LogP contribution in [0.25, 0.3) is 0 Å². The number of hydrogen-bond acceptors (Lipinski definition) is 6. The molecule has 1 aromatic heterocycles. The largest absolute Gasteiger partial charge is 0.289 e. The Morgan fingerprint density at radius 2 is 1.48 bits per heavy atom. The number of nitrogens with zero attached hydrogens (tertiary/aromatic N) is 3. The number of nitro groups is 1. The lowest BCUT2D eigenvalue weighted by Crippen LogP contribution is -2.19. The van der Waals surface area contributed by atoms with Crippen LogP contribution >= 0.6 is 11.8 Å². The molecule has 0 radical (unpaired) electrons.